The summed E-state index contributed by atoms with van der Waals surface area (Å²) in [7, 11) is -4.22. The molecule has 1 N–H and O–H groups in total. The zero-order valence-corrected chi connectivity index (χ0v) is 27.7. The topological polar surface area (TPSA) is 86.8 Å². The Morgan fingerprint density at radius 2 is 1.48 bits per heavy atom. The average Bonchev–Trinajstić information content (AvgIpc) is 3.02. The van der Waals surface area contributed by atoms with Gasteiger partial charge in [0, 0.05) is 23.5 Å². The van der Waals surface area contributed by atoms with Gasteiger partial charge >= 0.3 is 0 Å². The summed E-state index contributed by atoms with van der Waals surface area (Å²) in [6, 6.07) is 30.3. The Labute approximate surface area is 273 Å². The summed E-state index contributed by atoms with van der Waals surface area (Å²) in [6.07, 6.45) is 0.944. The first-order chi connectivity index (χ1) is 21.1. The van der Waals surface area contributed by atoms with Crippen LogP contribution >= 0.6 is 27.5 Å². The molecule has 2 amide bonds. The molecule has 0 fully saturated rings. The van der Waals surface area contributed by atoms with Crippen LogP contribution in [-0.4, -0.2) is 43.8 Å². The van der Waals surface area contributed by atoms with Crippen LogP contribution in [0.15, 0.2) is 119 Å². The molecule has 0 aliphatic rings. The van der Waals surface area contributed by atoms with E-state index in [1.165, 1.54) is 17.0 Å². The third-order valence-electron chi connectivity index (χ3n) is 7.25. The maximum atomic E-state index is 14.5. The molecular weight excluding hydrogens is 662 g/mol. The van der Waals surface area contributed by atoms with Gasteiger partial charge in [-0.1, -0.05) is 107 Å². The Morgan fingerprint density at radius 1 is 0.864 bits per heavy atom. The van der Waals surface area contributed by atoms with Gasteiger partial charge < -0.3 is 10.2 Å². The molecule has 7 nitrogen and oxygen atoms in total. The molecule has 0 unspecified atom stereocenters. The van der Waals surface area contributed by atoms with Crippen molar-refractivity contribution in [2.24, 2.45) is 0 Å². The number of carbonyl (C=O) groups is 2. The van der Waals surface area contributed by atoms with Crippen molar-refractivity contribution in [1.82, 2.24) is 10.2 Å². The highest BCUT2D eigenvalue weighted by Crippen LogP contribution is 2.31. The lowest BCUT2D eigenvalue weighted by Gasteiger charge is -2.34. The van der Waals surface area contributed by atoms with Crippen LogP contribution in [0.1, 0.15) is 31.4 Å². The molecule has 0 spiro atoms. The first-order valence-corrected chi connectivity index (χ1v) is 16.9. The average molecular weight is 697 g/mol. The number of anilines is 1. The molecule has 44 heavy (non-hydrogen) atoms. The van der Waals surface area contributed by atoms with Crippen LogP contribution in [0.3, 0.4) is 0 Å². The standard InChI is InChI=1S/C34H35BrClN3O4S/c1-3-25(2)37-34(41)32(22-26-13-6-4-7-14-26)38(23-27-15-12-16-28(35)21-27)33(40)24-39(31-20-11-10-19-30(31)36)44(42,43)29-17-8-5-9-18-29/h4-21,25,32H,3,22-24H2,1-2H3,(H,37,41)/t25-,32-/m1/s1. The van der Waals surface area contributed by atoms with E-state index in [-0.39, 0.29) is 40.5 Å². The number of hydrogen-bond acceptors (Lipinski definition) is 4. The molecular formula is C34H35BrClN3O4S. The lowest BCUT2D eigenvalue weighted by Crippen LogP contribution is -2.54. The maximum Gasteiger partial charge on any atom is 0.264 e. The van der Waals surface area contributed by atoms with Crippen LogP contribution in [0, 0.1) is 0 Å². The summed E-state index contributed by atoms with van der Waals surface area (Å²) >= 11 is 10.0. The van der Waals surface area contributed by atoms with E-state index >= 15 is 0 Å². The molecule has 0 saturated heterocycles. The molecule has 2 atom stereocenters. The van der Waals surface area contributed by atoms with Crippen molar-refractivity contribution in [2.45, 2.75) is 50.2 Å². The predicted octanol–water partition coefficient (Wildman–Crippen LogP) is 6.85. The Balaban J connectivity index is 1.81. The third-order valence-corrected chi connectivity index (χ3v) is 9.83. The molecule has 4 rings (SSSR count). The van der Waals surface area contributed by atoms with Gasteiger partial charge in [-0.2, -0.15) is 0 Å². The summed E-state index contributed by atoms with van der Waals surface area (Å²) in [6.45, 7) is 3.38. The van der Waals surface area contributed by atoms with Crippen molar-refractivity contribution < 1.29 is 18.0 Å². The first-order valence-electron chi connectivity index (χ1n) is 14.3. The van der Waals surface area contributed by atoms with Crippen LogP contribution < -0.4 is 9.62 Å². The second-order valence-corrected chi connectivity index (χ2v) is 13.6. The van der Waals surface area contributed by atoms with Crippen molar-refractivity contribution in [2.75, 3.05) is 10.8 Å². The van der Waals surface area contributed by atoms with E-state index in [1.807, 2.05) is 68.4 Å². The molecule has 10 heteroatoms. The SMILES string of the molecule is CC[C@@H](C)NC(=O)[C@@H](Cc1ccccc1)N(Cc1cccc(Br)c1)C(=O)CN(c1ccccc1Cl)S(=O)(=O)c1ccccc1. The predicted molar refractivity (Wildman–Crippen MR) is 179 cm³/mol. The number of hydrogen-bond donors (Lipinski definition) is 1. The van der Waals surface area contributed by atoms with Gasteiger partial charge in [0.1, 0.15) is 12.6 Å². The van der Waals surface area contributed by atoms with Crippen molar-refractivity contribution in [3.05, 3.63) is 130 Å². The number of nitrogens with zero attached hydrogens (tertiary/aromatic N) is 2. The molecule has 0 aliphatic carbocycles. The number of nitrogens with one attached hydrogen (secondary N) is 1. The second kappa shape index (κ2) is 15.4. The molecule has 0 radical (unpaired) electrons. The Bertz CT molecular complexity index is 1670. The highest BCUT2D eigenvalue weighted by atomic mass is 79.9. The number of benzene rings is 4. The van der Waals surface area contributed by atoms with Gasteiger partial charge in [0.25, 0.3) is 10.0 Å². The molecule has 0 bridgehead atoms. The quantitative estimate of drug-likeness (QED) is 0.166. The van der Waals surface area contributed by atoms with Crippen LogP contribution in [-0.2, 0) is 32.6 Å². The smallest absolute Gasteiger partial charge is 0.264 e. The van der Waals surface area contributed by atoms with E-state index < -0.39 is 28.5 Å². The number of amides is 2. The van der Waals surface area contributed by atoms with Crippen molar-refractivity contribution in [1.29, 1.82) is 0 Å². The molecule has 230 valence electrons. The Morgan fingerprint density at radius 3 is 2.11 bits per heavy atom. The van der Waals surface area contributed by atoms with E-state index in [0.717, 1.165) is 19.9 Å². The van der Waals surface area contributed by atoms with Gasteiger partial charge in [-0.3, -0.25) is 13.9 Å². The maximum absolute atomic E-state index is 14.5. The minimum Gasteiger partial charge on any atom is -0.352 e. The normalized spacial score (nSPS) is 12.6. The number of carbonyl (C=O) groups excluding carboxylic acids is 2. The van der Waals surface area contributed by atoms with E-state index in [0.29, 0.717) is 6.42 Å². The molecule has 0 heterocycles. The molecule has 0 saturated carbocycles. The minimum absolute atomic E-state index is 0.0154. The van der Waals surface area contributed by atoms with Crippen LogP contribution in [0.4, 0.5) is 5.69 Å². The molecule has 0 aliphatic heterocycles. The molecule has 4 aromatic carbocycles. The minimum atomic E-state index is -4.22. The van der Waals surface area contributed by atoms with E-state index in [4.69, 9.17) is 11.6 Å². The van der Waals surface area contributed by atoms with E-state index in [1.54, 1.807) is 42.5 Å². The highest BCUT2D eigenvalue weighted by molar-refractivity contribution is 9.10. The number of para-hydroxylation sites is 1. The summed E-state index contributed by atoms with van der Waals surface area (Å²) in [4.78, 5) is 29.8. The molecule has 0 aromatic heterocycles. The number of rotatable bonds is 13. The lowest BCUT2D eigenvalue weighted by atomic mass is 10.0. The van der Waals surface area contributed by atoms with Crippen molar-refractivity contribution >= 4 is 55.1 Å². The Hall–Kier alpha value is -3.66. The fourth-order valence-corrected chi connectivity index (χ4v) is 6.90. The summed E-state index contributed by atoms with van der Waals surface area (Å²) < 4.78 is 29.9. The van der Waals surface area contributed by atoms with Gasteiger partial charge in [-0.15, -0.1) is 0 Å². The summed E-state index contributed by atoms with van der Waals surface area (Å²) in [5.41, 5.74) is 1.80. The van der Waals surface area contributed by atoms with E-state index in [9.17, 15) is 18.0 Å². The van der Waals surface area contributed by atoms with Crippen LogP contribution in [0.5, 0.6) is 0 Å². The number of sulfonamides is 1. The molecule has 4 aromatic rings. The summed E-state index contributed by atoms with van der Waals surface area (Å²) in [5.74, 6) is -0.869. The van der Waals surface area contributed by atoms with Crippen LogP contribution in [0.25, 0.3) is 0 Å². The largest absolute Gasteiger partial charge is 0.352 e. The fourth-order valence-electron chi connectivity index (χ4n) is 4.71. The number of halogens is 2. The van der Waals surface area contributed by atoms with Crippen LogP contribution in [0.2, 0.25) is 5.02 Å². The monoisotopic (exact) mass is 695 g/mol. The highest BCUT2D eigenvalue weighted by Gasteiger charge is 2.35. The van der Waals surface area contributed by atoms with Crippen molar-refractivity contribution in [3.8, 4) is 0 Å². The lowest BCUT2D eigenvalue weighted by molar-refractivity contribution is -0.140. The zero-order valence-electron chi connectivity index (χ0n) is 24.6. The Kier molecular flexibility index (Phi) is 11.6. The first kappa shape index (κ1) is 33.2. The van der Waals surface area contributed by atoms with Gasteiger partial charge in [0.15, 0.2) is 0 Å². The second-order valence-electron chi connectivity index (χ2n) is 10.5. The van der Waals surface area contributed by atoms with Gasteiger partial charge in [-0.05, 0) is 60.9 Å². The summed E-state index contributed by atoms with van der Waals surface area (Å²) in [5, 5.41) is 3.21. The van der Waals surface area contributed by atoms with Gasteiger partial charge in [0.2, 0.25) is 11.8 Å². The van der Waals surface area contributed by atoms with Gasteiger partial charge in [0.05, 0.1) is 15.6 Å². The van der Waals surface area contributed by atoms with Crippen molar-refractivity contribution in [3.63, 3.8) is 0 Å². The van der Waals surface area contributed by atoms with Gasteiger partial charge in [-0.25, -0.2) is 8.42 Å². The third kappa shape index (κ3) is 8.49. The van der Waals surface area contributed by atoms with E-state index in [2.05, 4.69) is 21.2 Å². The fraction of sp³-hybridized carbons (Fsp3) is 0.235. The zero-order chi connectivity index (χ0) is 31.7.